The summed E-state index contributed by atoms with van der Waals surface area (Å²) in [7, 11) is 0.860. The highest BCUT2D eigenvalue weighted by Crippen LogP contribution is 2.06. The molecule has 0 heterocycles. The second kappa shape index (κ2) is 4.47. The molecule has 0 bridgehead atoms. The minimum Gasteiger partial charge on any atom is -0.295 e. The van der Waals surface area contributed by atoms with Gasteiger partial charge in [-0.3, -0.25) is 4.79 Å². The van der Waals surface area contributed by atoms with Crippen LogP contribution in [0.15, 0.2) is 24.3 Å². The van der Waals surface area contributed by atoms with Crippen LogP contribution < -0.4 is 0 Å². The van der Waals surface area contributed by atoms with Crippen LogP contribution in [0.5, 0.6) is 0 Å². The van der Waals surface area contributed by atoms with E-state index in [-0.39, 0.29) is 5.78 Å². The second-order valence-corrected chi connectivity index (χ2v) is 2.86. The van der Waals surface area contributed by atoms with Crippen molar-refractivity contribution in [1.29, 1.82) is 5.26 Å². The molecule has 2 nitrogen and oxygen atoms in total. The number of rotatable bonds is 3. The van der Waals surface area contributed by atoms with E-state index >= 15 is 0 Å². The number of carbonyl (C=O) groups excluding carboxylic acids is 1. The smallest absolute Gasteiger partial charge is 0.155 e. The van der Waals surface area contributed by atoms with Gasteiger partial charge in [-0.1, -0.05) is 19.0 Å². The summed E-state index contributed by atoms with van der Waals surface area (Å²) in [6, 6.07) is 8.76. The average Bonchev–Trinajstić information content (AvgIpc) is 2.18. The predicted octanol–water partition coefficient (Wildman–Crippen LogP) is 1.64. The van der Waals surface area contributed by atoms with E-state index in [2.05, 4.69) is 0 Å². The first kappa shape index (κ1) is 9.53. The van der Waals surface area contributed by atoms with E-state index in [0.717, 1.165) is 7.28 Å². The van der Waals surface area contributed by atoms with Crippen LogP contribution in [-0.2, 0) is 0 Å². The molecule has 0 aliphatic rings. The largest absolute Gasteiger partial charge is 0.295 e. The topological polar surface area (TPSA) is 40.9 Å². The highest BCUT2D eigenvalue weighted by molar-refractivity contribution is 6.41. The summed E-state index contributed by atoms with van der Waals surface area (Å²) in [4.78, 5) is 11.4. The van der Waals surface area contributed by atoms with E-state index in [9.17, 15) is 4.79 Å². The van der Waals surface area contributed by atoms with E-state index < -0.39 is 0 Å². The molecule has 1 aromatic carbocycles. The number of hydrogen-bond acceptors (Lipinski definition) is 2. The Morgan fingerprint density at radius 1 is 1.46 bits per heavy atom. The molecular formula is C10H10BNO. The van der Waals surface area contributed by atoms with Crippen LogP contribution >= 0.6 is 0 Å². The van der Waals surface area contributed by atoms with E-state index in [1.807, 2.05) is 12.9 Å². The van der Waals surface area contributed by atoms with Crippen LogP contribution in [0.3, 0.4) is 0 Å². The Labute approximate surface area is 78.4 Å². The van der Waals surface area contributed by atoms with Crippen LogP contribution in [0.25, 0.3) is 0 Å². The Morgan fingerprint density at radius 3 is 2.54 bits per heavy atom. The molecule has 13 heavy (non-hydrogen) atoms. The van der Waals surface area contributed by atoms with Crippen LogP contribution in [0.1, 0.15) is 15.9 Å². The number of ketones is 1. The molecule has 0 spiro atoms. The number of hydrogen-bond donors (Lipinski definition) is 0. The lowest BCUT2D eigenvalue weighted by atomic mass is 9.75. The molecule has 0 saturated heterocycles. The van der Waals surface area contributed by atoms with Crippen molar-refractivity contribution >= 4 is 13.1 Å². The molecule has 3 heteroatoms. The van der Waals surface area contributed by atoms with Gasteiger partial charge in [0.25, 0.3) is 0 Å². The lowest BCUT2D eigenvalue weighted by molar-refractivity contribution is 0.101. The standard InChI is InChI=1S/C10H10BNO/c1-11-6-10(13)9-4-2-8(7-12)3-5-9/h2-5,11H,6H2,1H3. The van der Waals surface area contributed by atoms with Gasteiger partial charge in [-0.05, 0) is 18.5 Å². The third-order valence-electron chi connectivity index (χ3n) is 1.81. The van der Waals surface area contributed by atoms with Gasteiger partial charge in [0.1, 0.15) is 7.28 Å². The Bertz CT molecular complexity index is 337. The van der Waals surface area contributed by atoms with Crippen molar-refractivity contribution in [3.8, 4) is 6.07 Å². The maximum absolute atomic E-state index is 11.4. The van der Waals surface area contributed by atoms with Gasteiger partial charge in [0.05, 0.1) is 11.6 Å². The minimum absolute atomic E-state index is 0.145. The van der Waals surface area contributed by atoms with Gasteiger partial charge in [0.15, 0.2) is 5.78 Å². The quantitative estimate of drug-likeness (QED) is 0.512. The summed E-state index contributed by atoms with van der Waals surface area (Å²) >= 11 is 0. The molecule has 1 rings (SSSR count). The van der Waals surface area contributed by atoms with Crippen molar-refractivity contribution < 1.29 is 4.79 Å². The predicted molar refractivity (Wildman–Crippen MR) is 53.3 cm³/mol. The molecule has 0 unspecified atom stereocenters. The maximum Gasteiger partial charge on any atom is 0.155 e. The fraction of sp³-hybridized carbons (Fsp3) is 0.200. The fourth-order valence-electron chi connectivity index (χ4n) is 1.10. The number of nitrogens with zero attached hydrogens (tertiary/aromatic N) is 1. The highest BCUT2D eigenvalue weighted by atomic mass is 16.1. The van der Waals surface area contributed by atoms with Crippen molar-refractivity contribution in [3.05, 3.63) is 35.4 Å². The number of benzene rings is 1. The van der Waals surface area contributed by atoms with Gasteiger partial charge < -0.3 is 0 Å². The molecule has 0 aliphatic carbocycles. The van der Waals surface area contributed by atoms with E-state index in [0.29, 0.717) is 17.4 Å². The van der Waals surface area contributed by atoms with Crippen molar-refractivity contribution in [2.45, 2.75) is 13.1 Å². The number of Topliss-reactive ketones (excluding diaryl/α,β-unsaturated/α-hetero) is 1. The molecule has 0 aliphatic heterocycles. The zero-order valence-corrected chi connectivity index (χ0v) is 7.58. The zero-order chi connectivity index (χ0) is 9.68. The van der Waals surface area contributed by atoms with E-state index in [1.54, 1.807) is 24.3 Å². The number of nitriles is 1. The van der Waals surface area contributed by atoms with Crippen molar-refractivity contribution in [2.75, 3.05) is 0 Å². The summed E-state index contributed by atoms with van der Waals surface area (Å²) in [5, 5.41) is 8.54. The first-order valence-electron chi connectivity index (χ1n) is 4.31. The Hall–Kier alpha value is -1.56. The molecule has 0 saturated carbocycles. The Morgan fingerprint density at radius 2 is 2.08 bits per heavy atom. The molecule has 0 N–H and O–H groups in total. The summed E-state index contributed by atoms with van der Waals surface area (Å²) in [6.45, 7) is 1.97. The maximum atomic E-state index is 11.4. The van der Waals surface area contributed by atoms with Crippen LogP contribution in [0, 0.1) is 11.3 Å². The summed E-state index contributed by atoms with van der Waals surface area (Å²) < 4.78 is 0. The first-order chi connectivity index (χ1) is 6.27. The average molecular weight is 171 g/mol. The van der Waals surface area contributed by atoms with Gasteiger partial charge in [-0.25, -0.2) is 0 Å². The van der Waals surface area contributed by atoms with Gasteiger partial charge >= 0.3 is 0 Å². The van der Waals surface area contributed by atoms with Crippen LogP contribution in [0.4, 0.5) is 0 Å². The van der Waals surface area contributed by atoms with Gasteiger partial charge in [0.2, 0.25) is 0 Å². The molecule has 64 valence electrons. The number of carbonyl (C=O) groups is 1. The lowest BCUT2D eigenvalue weighted by Gasteiger charge is -1.97. The summed E-state index contributed by atoms with van der Waals surface area (Å²) in [5.74, 6) is 0.145. The molecule has 0 atom stereocenters. The van der Waals surface area contributed by atoms with E-state index in [4.69, 9.17) is 5.26 Å². The molecule has 0 fully saturated rings. The molecular weight excluding hydrogens is 161 g/mol. The third-order valence-corrected chi connectivity index (χ3v) is 1.81. The van der Waals surface area contributed by atoms with Gasteiger partial charge in [-0.2, -0.15) is 5.26 Å². The molecule has 1 aromatic rings. The Kier molecular flexibility index (Phi) is 3.27. The van der Waals surface area contributed by atoms with Crippen LogP contribution in [-0.4, -0.2) is 13.1 Å². The van der Waals surface area contributed by atoms with E-state index in [1.165, 1.54) is 0 Å². The normalized spacial score (nSPS) is 8.92. The van der Waals surface area contributed by atoms with Crippen LogP contribution in [0.2, 0.25) is 13.1 Å². The highest BCUT2D eigenvalue weighted by Gasteiger charge is 2.03. The second-order valence-electron chi connectivity index (χ2n) is 2.86. The summed E-state index contributed by atoms with van der Waals surface area (Å²) in [6.07, 6.45) is 0.575. The van der Waals surface area contributed by atoms with Gasteiger partial charge in [0, 0.05) is 5.56 Å². The fourth-order valence-corrected chi connectivity index (χ4v) is 1.10. The monoisotopic (exact) mass is 171 g/mol. The molecule has 0 amide bonds. The minimum atomic E-state index is 0.145. The van der Waals surface area contributed by atoms with Crippen molar-refractivity contribution in [3.63, 3.8) is 0 Å². The van der Waals surface area contributed by atoms with Gasteiger partial charge in [-0.15, -0.1) is 0 Å². The molecule has 0 aromatic heterocycles. The first-order valence-corrected chi connectivity index (χ1v) is 4.31. The lowest BCUT2D eigenvalue weighted by Crippen LogP contribution is -2.00. The third kappa shape index (κ3) is 2.45. The summed E-state index contributed by atoms with van der Waals surface area (Å²) in [5.41, 5.74) is 1.29. The van der Waals surface area contributed by atoms with Crippen molar-refractivity contribution in [1.82, 2.24) is 0 Å². The Balaban J connectivity index is 2.81. The van der Waals surface area contributed by atoms with Crippen molar-refractivity contribution in [2.24, 2.45) is 0 Å². The molecule has 0 radical (unpaired) electrons. The zero-order valence-electron chi connectivity index (χ0n) is 7.58. The SMILES string of the molecule is CBCC(=O)c1ccc(C#N)cc1.